The van der Waals surface area contributed by atoms with Gasteiger partial charge < -0.3 is 10.3 Å². The normalized spacial score (nSPS) is 10.7. The Morgan fingerprint density at radius 2 is 1.90 bits per heavy atom. The van der Waals surface area contributed by atoms with E-state index >= 15 is 0 Å². The molecular weight excluding hydrogens is 272 g/mol. The molecule has 1 aromatic heterocycles. The zero-order valence-electron chi connectivity index (χ0n) is 10.9. The van der Waals surface area contributed by atoms with E-state index in [0.717, 1.165) is 22.3 Å². The molecule has 1 heterocycles. The van der Waals surface area contributed by atoms with Gasteiger partial charge in [-0.2, -0.15) is 0 Å². The quantitative estimate of drug-likeness (QED) is 0.751. The lowest BCUT2D eigenvalue weighted by Crippen LogP contribution is -1.89. The fourth-order valence-electron chi connectivity index (χ4n) is 2.24. The van der Waals surface area contributed by atoms with Crippen molar-refractivity contribution in [2.45, 2.75) is 6.92 Å². The van der Waals surface area contributed by atoms with Gasteiger partial charge in [0.25, 0.3) is 0 Å². The van der Waals surface area contributed by atoms with Crippen LogP contribution in [0.1, 0.15) is 5.56 Å². The van der Waals surface area contributed by atoms with E-state index in [4.69, 9.17) is 21.9 Å². The summed E-state index contributed by atoms with van der Waals surface area (Å²) in [5.74, 6) is 1.04. The van der Waals surface area contributed by atoms with Gasteiger partial charge >= 0.3 is 0 Å². The molecule has 0 fully saturated rings. The number of anilines is 1. The zero-order chi connectivity index (χ0) is 14.1. The summed E-state index contributed by atoms with van der Waals surface area (Å²) >= 11 is 6.05. The van der Waals surface area contributed by atoms with E-state index in [1.807, 2.05) is 55.5 Å². The lowest BCUT2D eigenvalue weighted by molar-refractivity contribution is 0.436. The molecule has 0 unspecified atom stereocenters. The second-order valence-electron chi connectivity index (χ2n) is 4.60. The highest BCUT2D eigenvalue weighted by atomic mass is 35.5. The third kappa shape index (κ3) is 2.17. The first-order chi connectivity index (χ1) is 9.66. The largest absolute Gasteiger partial charge is 0.380 e. The van der Waals surface area contributed by atoms with Crippen molar-refractivity contribution in [2.24, 2.45) is 0 Å². The topological polar surface area (TPSA) is 52.0 Å². The van der Waals surface area contributed by atoms with E-state index in [0.29, 0.717) is 16.6 Å². The summed E-state index contributed by atoms with van der Waals surface area (Å²) in [7, 11) is 0. The summed E-state index contributed by atoms with van der Waals surface area (Å²) in [6.45, 7) is 2.02. The third-order valence-corrected chi connectivity index (χ3v) is 3.46. The molecule has 0 saturated carbocycles. The highest BCUT2D eigenvalue weighted by molar-refractivity contribution is 6.30. The molecule has 4 heteroatoms. The van der Waals surface area contributed by atoms with Gasteiger partial charge in [-0.15, -0.1) is 0 Å². The van der Waals surface area contributed by atoms with E-state index in [-0.39, 0.29) is 0 Å². The van der Waals surface area contributed by atoms with Crippen molar-refractivity contribution in [3.63, 3.8) is 0 Å². The van der Waals surface area contributed by atoms with Crippen molar-refractivity contribution >= 4 is 17.4 Å². The number of benzene rings is 2. The molecule has 0 amide bonds. The van der Waals surface area contributed by atoms with Crippen molar-refractivity contribution in [2.75, 3.05) is 5.73 Å². The molecule has 20 heavy (non-hydrogen) atoms. The summed E-state index contributed by atoms with van der Waals surface area (Å²) in [6.07, 6.45) is 0. The van der Waals surface area contributed by atoms with Crippen LogP contribution >= 0.6 is 11.6 Å². The SMILES string of the molecule is Cc1ccccc1-c1onc(N)c1-c1cccc(Cl)c1. The molecule has 0 aliphatic heterocycles. The Balaban J connectivity index is 2.23. The highest BCUT2D eigenvalue weighted by Gasteiger charge is 2.18. The second-order valence-corrected chi connectivity index (χ2v) is 5.03. The number of aromatic nitrogens is 1. The van der Waals surface area contributed by atoms with Gasteiger partial charge in [-0.1, -0.05) is 53.2 Å². The smallest absolute Gasteiger partial charge is 0.177 e. The molecule has 0 radical (unpaired) electrons. The molecule has 2 aromatic carbocycles. The van der Waals surface area contributed by atoms with Gasteiger partial charge in [-0.25, -0.2) is 0 Å². The molecule has 3 nitrogen and oxygen atoms in total. The molecule has 0 aliphatic rings. The Morgan fingerprint density at radius 3 is 2.65 bits per heavy atom. The maximum absolute atomic E-state index is 6.05. The first-order valence-electron chi connectivity index (χ1n) is 6.24. The Bertz CT molecular complexity index is 765. The van der Waals surface area contributed by atoms with Crippen LogP contribution in [0.3, 0.4) is 0 Å². The Labute approximate surface area is 122 Å². The monoisotopic (exact) mass is 284 g/mol. The van der Waals surface area contributed by atoms with E-state index in [9.17, 15) is 0 Å². The Hall–Kier alpha value is -2.26. The first kappa shape index (κ1) is 12.8. The minimum Gasteiger partial charge on any atom is -0.380 e. The molecule has 100 valence electrons. The van der Waals surface area contributed by atoms with Crippen LogP contribution in [-0.4, -0.2) is 5.16 Å². The predicted molar refractivity (Wildman–Crippen MR) is 81.5 cm³/mol. The van der Waals surface area contributed by atoms with Crippen molar-refractivity contribution < 1.29 is 4.52 Å². The molecule has 2 N–H and O–H groups in total. The van der Waals surface area contributed by atoms with Gasteiger partial charge in [-0.3, -0.25) is 0 Å². The van der Waals surface area contributed by atoms with Crippen LogP contribution in [0, 0.1) is 6.92 Å². The van der Waals surface area contributed by atoms with Gasteiger partial charge in [0.1, 0.15) is 0 Å². The minimum atomic E-state index is 0.366. The summed E-state index contributed by atoms with van der Waals surface area (Å²) < 4.78 is 5.44. The number of hydrogen-bond donors (Lipinski definition) is 1. The van der Waals surface area contributed by atoms with Gasteiger partial charge in [-0.05, 0) is 30.2 Å². The molecular formula is C16H13ClN2O. The van der Waals surface area contributed by atoms with E-state index in [2.05, 4.69) is 5.16 Å². The maximum Gasteiger partial charge on any atom is 0.177 e. The molecule has 3 rings (SSSR count). The van der Waals surface area contributed by atoms with Crippen molar-refractivity contribution in [1.82, 2.24) is 5.16 Å². The lowest BCUT2D eigenvalue weighted by Gasteiger charge is -2.05. The first-order valence-corrected chi connectivity index (χ1v) is 6.61. The van der Waals surface area contributed by atoms with Gasteiger partial charge in [0.2, 0.25) is 0 Å². The van der Waals surface area contributed by atoms with Crippen LogP contribution in [0.4, 0.5) is 5.82 Å². The van der Waals surface area contributed by atoms with Gasteiger partial charge in [0.15, 0.2) is 11.6 Å². The number of rotatable bonds is 2. The summed E-state index contributed by atoms with van der Waals surface area (Å²) in [5.41, 5.74) is 9.72. The predicted octanol–water partition coefficient (Wildman–Crippen LogP) is 4.55. The maximum atomic E-state index is 6.05. The summed E-state index contributed by atoms with van der Waals surface area (Å²) in [4.78, 5) is 0. The van der Waals surface area contributed by atoms with Crippen LogP contribution in [0.25, 0.3) is 22.5 Å². The molecule has 0 aliphatic carbocycles. The number of aryl methyl sites for hydroxylation is 1. The Kier molecular flexibility index (Phi) is 3.20. The Morgan fingerprint density at radius 1 is 1.10 bits per heavy atom. The van der Waals surface area contributed by atoms with E-state index < -0.39 is 0 Å². The van der Waals surface area contributed by atoms with Crippen LogP contribution in [0.15, 0.2) is 53.1 Å². The van der Waals surface area contributed by atoms with E-state index in [1.165, 1.54) is 0 Å². The second kappa shape index (κ2) is 5.02. The average molecular weight is 285 g/mol. The molecule has 0 saturated heterocycles. The van der Waals surface area contributed by atoms with Crippen molar-refractivity contribution in [1.29, 1.82) is 0 Å². The number of nitrogens with zero attached hydrogens (tertiary/aromatic N) is 1. The standard InChI is InChI=1S/C16H13ClN2O/c1-10-5-2-3-8-13(10)15-14(16(18)19-20-15)11-6-4-7-12(17)9-11/h2-9H,1H3,(H2,18,19). The lowest BCUT2D eigenvalue weighted by atomic mass is 9.99. The zero-order valence-corrected chi connectivity index (χ0v) is 11.7. The average Bonchev–Trinajstić information content (AvgIpc) is 2.81. The van der Waals surface area contributed by atoms with Crippen molar-refractivity contribution in [3.05, 3.63) is 59.1 Å². The van der Waals surface area contributed by atoms with Gasteiger partial charge in [0, 0.05) is 10.6 Å². The minimum absolute atomic E-state index is 0.366. The van der Waals surface area contributed by atoms with Gasteiger partial charge in [0.05, 0.1) is 5.56 Å². The van der Waals surface area contributed by atoms with Crippen LogP contribution in [0.2, 0.25) is 5.02 Å². The fourth-order valence-corrected chi connectivity index (χ4v) is 2.43. The number of halogens is 1. The van der Waals surface area contributed by atoms with Crippen molar-refractivity contribution in [3.8, 4) is 22.5 Å². The number of nitrogen functional groups attached to an aromatic ring is 1. The number of nitrogens with two attached hydrogens (primary N) is 1. The van der Waals surface area contributed by atoms with Crippen LogP contribution in [0.5, 0.6) is 0 Å². The highest BCUT2D eigenvalue weighted by Crippen LogP contribution is 2.38. The molecule has 0 atom stereocenters. The van der Waals surface area contributed by atoms with Crippen LogP contribution < -0.4 is 5.73 Å². The third-order valence-electron chi connectivity index (χ3n) is 3.22. The summed E-state index contributed by atoms with van der Waals surface area (Å²) in [6, 6.07) is 15.5. The van der Waals surface area contributed by atoms with Crippen LogP contribution in [-0.2, 0) is 0 Å². The number of hydrogen-bond acceptors (Lipinski definition) is 3. The molecule has 0 spiro atoms. The summed E-state index contributed by atoms with van der Waals surface area (Å²) in [5, 5.41) is 4.55. The molecule has 3 aromatic rings. The fraction of sp³-hybridized carbons (Fsp3) is 0.0625. The molecule has 0 bridgehead atoms. The van der Waals surface area contributed by atoms with E-state index in [1.54, 1.807) is 0 Å².